The molecule has 0 aliphatic carbocycles. The van der Waals surface area contributed by atoms with Crippen molar-refractivity contribution in [2.45, 2.75) is 105 Å². The summed E-state index contributed by atoms with van der Waals surface area (Å²) in [5.41, 5.74) is 18.4. The second-order valence-electron chi connectivity index (χ2n) is 15.6. The van der Waals surface area contributed by atoms with Crippen LogP contribution in [-0.2, 0) is 36.7 Å². The van der Waals surface area contributed by atoms with Crippen molar-refractivity contribution in [3.63, 3.8) is 0 Å². The van der Waals surface area contributed by atoms with Crippen LogP contribution in [0.25, 0.3) is 0 Å². The predicted molar refractivity (Wildman–Crippen MR) is 251 cm³/mol. The molecule has 4 aliphatic heterocycles. The number of anilines is 6. The van der Waals surface area contributed by atoms with E-state index in [-0.39, 0.29) is 17.1 Å². The third-order valence-corrected chi connectivity index (χ3v) is 10.0. The van der Waals surface area contributed by atoms with E-state index in [1.807, 2.05) is 44.2 Å². The third-order valence-electron chi connectivity index (χ3n) is 9.47. The number of hydrogen-bond donors (Lipinski definition) is 7. The predicted octanol–water partition coefficient (Wildman–Crippen LogP) is 7.03. The van der Waals surface area contributed by atoms with Gasteiger partial charge in [0.05, 0.1) is 38.5 Å². The highest BCUT2D eigenvalue weighted by molar-refractivity contribution is 6.32. The summed E-state index contributed by atoms with van der Waals surface area (Å²) in [7, 11) is 0. The van der Waals surface area contributed by atoms with E-state index in [0.29, 0.717) is 61.3 Å². The molecular formula is C44H63Cl2N11O6. The number of rotatable bonds is 7. The van der Waals surface area contributed by atoms with Gasteiger partial charge in [0, 0.05) is 78.1 Å². The van der Waals surface area contributed by atoms with Gasteiger partial charge in [0.25, 0.3) is 5.97 Å². The number of aromatic nitrogens is 4. The van der Waals surface area contributed by atoms with Crippen LogP contribution in [0.3, 0.4) is 0 Å². The van der Waals surface area contributed by atoms with E-state index in [1.165, 1.54) is 0 Å². The molecule has 344 valence electrons. The van der Waals surface area contributed by atoms with E-state index in [4.69, 9.17) is 54.0 Å². The second kappa shape index (κ2) is 26.5. The zero-order valence-corrected chi connectivity index (χ0v) is 38.9. The molecule has 0 bridgehead atoms. The summed E-state index contributed by atoms with van der Waals surface area (Å²) in [4.78, 5) is 50.2. The number of ether oxygens (including phenoxy) is 2. The molecule has 6 heterocycles. The fourth-order valence-electron chi connectivity index (χ4n) is 6.14. The molecule has 2 fully saturated rings. The Morgan fingerprint density at radius 2 is 1.38 bits per heavy atom. The molecule has 17 nitrogen and oxygen atoms in total. The lowest BCUT2D eigenvalue weighted by atomic mass is 10.0. The number of fused-ring (bicyclic) bond motifs is 2. The van der Waals surface area contributed by atoms with Gasteiger partial charge in [-0.3, -0.25) is 19.3 Å². The summed E-state index contributed by atoms with van der Waals surface area (Å²) in [6.07, 6.45) is 6.02. The van der Waals surface area contributed by atoms with Crippen molar-refractivity contribution >= 4 is 75.5 Å². The fourth-order valence-corrected chi connectivity index (χ4v) is 6.44. The molecule has 2 aromatic carbocycles. The van der Waals surface area contributed by atoms with Crippen LogP contribution >= 0.6 is 23.2 Å². The van der Waals surface area contributed by atoms with Crippen LogP contribution in [0.2, 0.25) is 10.4 Å². The van der Waals surface area contributed by atoms with E-state index >= 15 is 0 Å². The molecule has 8 rings (SSSR count). The highest BCUT2D eigenvalue weighted by atomic mass is 35.5. The molecule has 19 heteroatoms. The Bertz CT molecular complexity index is 2090. The van der Waals surface area contributed by atoms with Gasteiger partial charge in [-0.25, -0.2) is 15.0 Å². The normalized spacial score (nSPS) is 14.8. The van der Waals surface area contributed by atoms with Crippen LogP contribution in [0.5, 0.6) is 0 Å². The van der Waals surface area contributed by atoms with Crippen molar-refractivity contribution in [1.82, 2.24) is 24.8 Å². The number of benzene rings is 2. The van der Waals surface area contributed by atoms with Gasteiger partial charge in [-0.15, -0.1) is 0 Å². The first-order valence-electron chi connectivity index (χ1n) is 20.8. The number of amides is 2. The molecule has 9 N–H and O–H groups in total. The minimum Gasteiger partial charge on any atom is -0.481 e. The lowest BCUT2D eigenvalue weighted by Gasteiger charge is -2.28. The molecule has 0 saturated carbocycles. The van der Waals surface area contributed by atoms with Crippen LogP contribution in [0.15, 0.2) is 48.8 Å². The van der Waals surface area contributed by atoms with Crippen LogP contribution in [0.4, 0.5) is 34.5 Å². The van der Waals surface area contributed by atoms with Gasteiger partial charge in [0.15, 0.2) is 0 Å². The average molecular weight is 913 g/mol. The molecule has 0 spiro atoms. The number of aliphatic carboxylic acids is 1. The van der Waals surface area contributed by atoms with Gasteiger partial charge in [0.1, 0.15) is 11.0 Å². The minimum atomic E-state index is -0.833. The highest BCUT2D eigenvalue weighted by Crippen LogP contribution is 2.28. The quantitative estimate of drug-likeness (QED) is 0.0559. The van der Waals surface area contributed by atoms with Crippen molar-refractivity contribution < 1.29 is 29.0 Å². The van der Waals surface area contributed by atoms with Crippen LogP contribution in [0.1, 0.15) is 76.6 Å². The third kappa shape index (κ3) is 19.0. The number of hydrogen-bond acceptors (Lipinski definition) is 14. The first kappa shape index (κ1) is 52.2. The Labute approximate surface area is 380 Å². The summed E-state index contributed by atoms with van der Waals surface area (Å²) in [6.45, 7) is 20.2. The first-order valence-corrected chi connectivity index (χ1v) is 21.6. The number of carboxylic acids is 1. The highest BCUT2D eigenvalue weighted by Gasteiger charge is 2.20. The fraction of sp³-hybridized carbons (Fsp3) is 0.477. The number of nitrogens with zero attached hydrogens (tertiary/aromatic N) is 5. The average Bonchev–Trinajstić information content (AvgIpc) is 3.19. The molecule has 2 amide bonds. The Morgan fingerprint density at radius 3 is 1.83 bits per heavy atom. The molecule has 4 aromatic rings. The summed E-state index contributed by atoms with van der Waals surface area (Å²) < 4.78 is 9.89. The molecule has 2 aromatic heterocycles. The molecule has 2 saturated heterocycles. The van der Waals surface area contributed by atoms with Gasteiger partial charge < -0.3 is 47.3 Å². The van der Waals surface area contributed by atoms with E-state index in [1.54, 1.807) is 18.5 Å². The zero-order chi connectivity index (χ0) is 46.6. The second-order valence-corrected chi connectivity index (χ2v) is 16.3. The SMILES string of the molecule is CC(=O)O.CCN(C(C)C)C(C)C.Cc1cnc(Cl)nc1Cl.Cc1cnc(Nc2ccc3c(c2)CCC(=O)N3)nc1NC1COC1.NC1COC1.Nc1ccc2c(c1)CCC(=O)N2. The van der Waals surface area contributed by atoms with Gasteiger partial charge in [-0.1, -0.05) is 18.5 Å². The maximum absolute atomic E-state index is 11.4. The molecular weight excluding hydrogens is 849 g/mol. The largest absolute Gasteiger partial charge is 0.481 e. The van der Waals surface area contributed by atoms with E-state index in [2.05, 4.69) is 80.7 Å². The summed E-state index contributed by atoms with van der Waals surface area (Å²) >= 11 is 11.0. The van der Waals surface area contributed by atoms with Crippen LogP contribution in [0, 0.1) is 13.8 Å². The van der Waals surface area contributed by atoms with Crippen molar-refractivity contribution in [3.8, 4) is 0 Å². The first-order chi connectivity index (χ1) is 29.8. The lowest BCUT2D eigenvalue weighted by molar-refractivity contribution is -0.134. The monoisotopic (exact) mass is 911 g/mol. The molecule has 0 radical (unpaired) electrons. The number of nitrogens with two attached hydrogens (primary N) is 2. The number of aryl methyl sites for hydroxylation is 4. The Kier molecular flexibility index (Phi) is 21.9. The number of carboxylic acid groups (broad SMARTS) is 1. The number of carbonyl (C=O) groups excluding carboxylic acids is 2. The maximum atomic E-state index is 11.4. The standard InChI is InChI=1S/C17H19N5O2.C9H10N2O.C8H19N.C5H4Cl2N2.C3H7NO.C2H4O2/c1-10-7-18-17(22-16(10)19-13-8-24-9-13)20-12-3-4-14-11(6-12)2-5-15(23)21-14;10-7-2-3-8-6(5-7)1-4-9(12)11-8;1-6-9(7(2)3)8(4)5;1-3-2-8-5(7)9-4(3)6;4-3-1-5-2-3;1-2(3)4/h3-4,6-7,13H,2,5,8-9H2,1H3,(H,21,23)(H2,18,19,20,22);2-3,5H,1,4,10H2,(H,11,12);7-8H,6H2,1-5H3;2H,1H3;3H,1-2,4H2;1H3,(H,3,4). The van der Waals surface area contributed by atoms with E-state index in [9.17, 15) is 9.59 Å². The van der Waals surface area contributed by atoms with Crippen molar-refractivity contribution in [2.75, 3.05) is 60.0 Å². The van der Waals surface area contributed by atoms with Crippen molar-refractivity contribution in [2.24, 2.45) is 5.73 Å². The molecule has 4 aliphatic rings. The summed E-state index contributed by atoms with van der Waals surface area (Å²) in [5.74, 6) is 0.696. The minimum absolute atomic E-state index is 0.0702. The topological polar surface area (TPSA) is 245 Å². The smallest absolute Gasteiger partial charge is 0.300 e. The van der Waals surface area contributed by atoms with Gasteiger partial charge >= 0.3 is 0 Å². The molecule has 0 atom stereocenters. The Morgan fingerprint density at radius 1 is 0.857 bits per heavy atom. The van der Waals surface area contributed by atoms with Gasteiger partial charge in [-0.05, 0) is 120 Å². The Balaban J connectivity index is 0.000000227. The number of halogens is 2. The molecule has 0 unspecified atom stereocenters. The number of carbonyl (C=O) groups is 3. The van der Waals surface area contributed by atoms with Crippen LogP contribution < -0.4 is 32.7 Å². The lowest BCUT2D eigenvalue weighted by Crippen LogP contribution is -2.41. The number of nitrogen functional groups attached to an aromatic ring is 1. The Hall–Kier alpha value is -5.17. The summed E-state index contributed by atoms with van der Waals surface area (Å²) in [6, 6.07) is 13.5. The van der Waals surface area contributed by atoms with E-state index < -0.39 is 5.97 Å². The number of nitrogens with one attached hydrogen (secondary N) is 4. The molecule has 63 heavy (non-hydrogen) atoms. The summed E-state index contributed by atoms with van der Waals surface area (Å²) in [5, 5.41) is 20.3. The van der Waals surface area contributed by atoms with Gasteiger partial charge in [0.2, 0.25) is 23.0 Å². The maximum Gasteiger partial charge on any atom is 0.300 e. The van der Waals surface area contributed by atoms with Crippen molar-refractivity contribution in [1.29, 1.82) is 0 Å². The van der Waals surface area contributed by atoms with E-state index in [0.717, 1.165) is 90.3 Å². The van der Waals surface area contributed by atoms with Gasteiger partial charge in [-0.2, -0.15) is 4.98 Å². The van der Waals surface area contributed by atoms with Crippen molar-refractivity contribution in [3.05, 3.63) is 81.5 Å². The van der Waals surface area contributed by atoms with Crippen LogP contribution in [-0.4, -0.2) is 105 Å². The zero-order valence-electron chi connectivity index (χ0n) is 37.4.